The second kappa shape index (κ2) is 10.8. The third-order valence-electron chi connectivity index (χ3n) is 7.15. The molecule has 0 radical (unpaired) electrons. The van der Waals surface area contributed by atoms with Crippen molar-refractivity contribution in [3.8, 4) is 0 Å². The van der Waals surface area contributed by atoms with E-state index < -0.39 is 71.4 Å². The number of aromatic nitrogens is 1. The van der Waals surface area contributed by atoms with Crippen molar-refractivity contribution in [2.45, 2.75) is 56.7 Å². The van der Waals surface area contributed by atoms with Crippen LogP contribution in [0.4, 0.5) is 26.3 Å². The Morgan fingerprint density at radius 3 is 2.53 bits per heavy atom. The van der Waals surface area contributed by atoms with E-state index in [1.165, 1.54) is 0 Å². The van der Waals surface area contributed by atoms with Crippen LogP contribution >= 0.6 is 11.3 Å². The second-order valence-electron chi connectivity index (χ2n) is 9.57. The summed E-state index contributed by atoms with van der Waals surface area (Å²) in [6.45, 7) is -0.998. The number of likely N-dealkylation sites (tertiary alicyclic amines) is 1. The van der Waals surface area contributed by atoms with Gasteiger partial charge in [-0.05, 0) is 37.5 Å². The maximum atomic E-state index is 13.5. The Morgan fingerprint density at radius 1 is 1.18 bits per heavy atom. The number of alkyl halides is 6. The van der Waals surface area contributed by atoms with E-state index in [4.69, 9.17) is 0 Å². The molecule has 4 rings (SSSR count). The Bertz CT molecular complexity index is 1090. The molecule has 38 heavy (non-hydrogen) atoms. The summed E-state index contributed by atoms with van der Waals surface area (Å²) in [5, 5.41) is 4.70. The van der Waals surface area contributed by atoms with Gasteiger partial charge >= 0.3 is 12.5 Å². The number of nitrogens with zero attached hydrogens (tertiary/aromatic N) is 2. The van der Waals surface area contributed by atoms with Gasteiger partial charge in [-0.1, -0.05) is 6.42 Å². The molecule has 9 nitrogen and oxygen atoms in total. The van der Waals surface area contributed by atoms with E-state index in [-0.39, 0.29) is 36.1 Å². The number of halogens is 6. The van der Waals surface area contributed by atoms with Gasteiger partial charge in [0.25, 0.3) is 5.91 Å². The van der Waals surface area contributed by atoms with Crippen LogP contribution in [0.25, 0.3) is 0 Å². The number of amides is 3. The maximum Gasteiger partial charge on any atom is 0.522 e. The van der Waals surface area contributed by atoms with Crippen LogP contribution in [-0.4, -0.2) is 71.5 Å². The highest BCUT2D eigenvalue weighted by atomic mass is 32.1. The van der Waals surface area contributed by atoms with Gasteiger partial charge in [-0.3, -0.25) is 23.9 Å². The third-order valence-corrected chi connectivity index (χ3v) is 8.04. The Balaban J connectivity index is 1.54. The molecule has 1 aliphatic carbocycles. The standard InChI is InChI=1S/C22H24F6N4O5S/c23-21(24,25)20-31-14(9-38-20)19(36)32-7-11-2-1-3-12(11)16(32)18(35)30-13(6-10-4-5-29-17(10)34)15(33)8-37-22(26,27)28/h9-13,16H,1-8H2,(H,29,34)(H,30,35)/t10?,11?,12?,13?,16-/m0/s1. The smallest absolute Gasteiger partial charge is 0.356 e. The quantitative estimate of drug-likeness (QED) is 0.464. The van der Waals surface area contributed by atoms with Crippen molar-refractivity contribution in [1.29, 1.82) is 0 Å². The van der Waals surface area contributed by atoms with Crippen LogP contribution < -0.4 is 10.6 Å². The number of ketones is 1. The lowest BCUT2D eigenvalue weighted by molar-refractivity contribution is -0.321. The van der Waals surface area contributed by atoms with Crippen LogP contribution in [0.15, 0.2) is 5.38 Å². The largest absolute Gasteiger partial charge is 0.522 e. The summed E-state index contributed by atoms with van der Waals surface area (Å²) in [7, 11) is 0. The summed E-state index contributed by atoms with van der Waals surface area (Å²) in [5.41, 5.74) is -0.478. The minimum absolute atomic E-state index is 0.0846. The number of Topliss-reactive ketones (excluding diaryl/α,β-unsaturated/α-hetero) is 1. The second-order valence-corrected chi connectivity index (χ2v) is 10.4. The van der Waals surface area contributed by atoms with Gasteiger partial charge in [0.1, 0.15) is 18.3 Å². The fourth-order valence-electron chi connectivity index (χ4n) is 5.44. The molecule has 2 aliphatic heterocycles. The first kappa shape index (κ1) is 28.3. The Morgan fingerprint density at radius 2 is 1.92 bits per heavy atom. The minimum Gasteiger partial charge on any atom is -0.356 e. The lowest BCUT2D eigenvalue weighted by Gasteiger charge is -2.29. The average Bonchev–Trinajstić information content (AvgIpc) is 3.60. The molecule has 210 valence electrons. The van der Waals surface area contributed by atoms with Gasteiger partial charge in [-0.25, -0.2) is 4.98 Å². The molecule has 3 fully saturated rings. The Kier molecular flexibility index (Phi) is 8.02. The van der Waals surface area contributed by atoms with Crippen LogP contribution in [0.1, 0.15) is 47.6 Å². The summed E-state index contributed by atoms with van der Waals surface area (Å²) in [4.78, 5) is 55.7. The Hall–Kier alpha value is -2.75. The topological polar surface area (TPSA) is 118 Å². The van der Waals surface area contributed by atoms with E-state index in [0.717, 1.165) is 16.7 Å². The van der Waals surface area contributed by atoms with E-state index in [1.807, 2.05) is 0 Å². The number of fused-ring (bicyclic) bond motifs is 1. The Labute approximate surface area is 216 Å². The van der Waals surface area contributed by atoms with E-state index in [0.29, 0.717) is 25.8 Å². The van der Waals surface area contributed by atoms with Crippen molar-refractivity contribution in [2.24, 2.45) is 17.8 Å². The molecule has 5 atom stereocenters. The summed E-state index contributed by atoms with van der Waals surface area (Å²) < 4.78 is 80.2. The molecule has 4 unspecified atom stereocenters. The molecule has 3 amide bonds. The zero-order valence-electron chi connectivity index (χ0n) is 19.7. The number of carbonyl (C=O) groups is 4. The normalized spacial score (nSPS) is 26.3. The third kappa shape index (κ3) is 6.27. The molecule has 3 heterocycles. The lowest BCUT2D eigenvalue weighted by Crippen LogP contribution is -2.54. The fourth-order valence-corrected chi connectivity index (χ4v) is 6.10. The summed E-state index contributed by atoms with van der Waals surface area (Å²) in [5.74, 6) is -4.43. The molecule has 3 aliphatic rings. The molecule has 1 aromatic heterocycles. The molecule has 0 spiro atoms. The predicted octanol–water partition coefficient (Wildman–Crippen LogP) is 2.52. The van der Waals surface area contributed by atoms with E-state index in [9.17, 15) is 45.5 Å². The van der Waals surface area contributed by atoms with Crippen LogP contribution in [-0.2, 0) is 25.3 Å². The van der Waals surface area contributed by atoms with Crippen LogP contribution in [0, 0.1) is 17.8 Å². The highest BCUT2D eigenvalue weighted by Gasteiger charge is 2.51. The van der Waals surface area contributed by atoms with Crippen molar-refractivity contribution in [3.05, 3.63) is 16.1 Å². The first-order valence-electron chi connectivity index (χ1n) is 11.9. The van der Waals surface area contributed by atoms with E-state index in [2.05, 4.69) is 20.4 Å². The molecule has 0 aromatic carbocycles. The number of nitrogens with one attached hydrogen (secondary N) is 2. The van der Waals surface area contributed by atoms with Crippen LogP contribution in [0.5, 0.6) is 0 Å². The van der Waals surface area contributed by atoms with Crippen molar-refractivity contribution in [1.82, 2.24) is 20.5 Å². The van der Waals surface area contributed by atoms with Crippen molar-refractivity contribution in [2.75, 3.05) is 19.7 Å². The number of hydrogen-bond donors (Lipinski definition) is 2. The molecular weight excluding hydrogens is 546 g/mol. The molecule has 0 bridgehead atoms. The highest BCUT2D eigenvalue weighted by molar-refractivity contribution is 7.10. The minimum atomic E-state index is -5.09. The first-order valence-corrected chi connectivity index (χ1v) is 12.8. The summed E-state index contributed by atoms with van der Waals surface area (Å²) in [6, 6.07) is -2.67. The lowest BCUT2D eigenvalue weighted by atomic mass is 9.92. The average molecular weight is 571 g/mol. The molecule has 1 saturated carbocycles. The summed E-state index contributed by atoms with van der Waals surface area (Å²) in [6.07, 6.45) is -7.84. The monoisotopic (exact) mass is 570 g/mol. The summed E-state index contributed by atoms with van der Waals surface area (Å²) >= 11 is 0.242. The van der Waals surface area contributed by atoms with E-state index >= 15 is 0 Å². The first-order chi connectivity index (χ1) is 17.7. The van der Waals surface area contributed by atoms with E-state index in [1.54, 1.807) is 0 Å². The number of rotatable bonds is 8. The van der Waals surface area contributed by atoms with Crippen molar-refractivity contribution >= 4 is 34.8 Å². The number of carbonyl (C=O) groups excluding carboxylic acids is 4. The van der Waals surface area contributed by atoms with Crippen molar-refractivity contribution < 1.29 is 50.3 Å². The zero-order valence-corrected chi connectivity index (χ0v) is 20.5. The van der Waals surface area contributed by atoms with Gasteiger partial charge in [0.15, 0.2) is 10.8 Å². The highest BCUT2D eigenvalue weighted by Crippen LogP contribution is 2.43. The fraction of sp³-hybridized carbons (Fsp3) is 0.682. The molecular formula is C22H24F6N4O5S. The van der Waals surface area contributed by atoms with Crippen molar-refractivity contribution in [3.63, 3.8) is 0 Å². The van der Waals surface area contributed by atoms with Gasteiger partial charge in [0.2, 0.25) is 11.8 Å². The number of hydrogen-bond acceptors (Lipinski definition) is 7. The maximum absolute atomic E-state index is 13.5. The van der Waals surface area contributed by atoms with Gasteiger partial charge in [-0.2, -0.15) is 13.2 Å². The van der Waals surface area contributed by atoms with Gasteiger partial charge in [-0.15, -0.1) is 24.5 Å². The SMILES string of the molecule is O=C1NCCC1CC(NC(=O)[C@@H]1C2CCCC2CN1C(=O)c1csc(C(F)(F)F)n1)C(=O)COC(F)(F)F. The zero-order chi connectivity index (χ0) is 27.8. The van der Waals surface area contributed by atoms with Gasteiger partial charge in [0.05, 0.1) is 6.04 Å². The molecule has 2 saturated heterocycles. The molecule has 2 N–H and O–H groups in total. The molecule has 1 aromatic rings. The number of ether oxygens (including phenoxy) is 1. The van der Waals surface area contributed by atoms with Crippen LogP contribution in [0.3, 0.4) is 0 Å². The van der Waals surface area contributed by atoms with Crippen LogP contribution in [0.2, 0.25) is 0 Å². The van der Waals surface area contributed by atoms with Gasteiger partial charge < -0.3 is 15.5 Å². The number of thiazole rings is 1. The predicted molar refractivity (Wildman–Crippen MR) is 117 cm³/mol. The van der Waals surface area contributed by atoms with Gasteiger partial charge in [0, 0.05) is 24.4 Å². The molecule has 16 heteroatoms.